The van der Waals surface area contributed by atoms with Crippen molar-refractivity contribution in [3.05, 3.63) is 67.3 Å². The molecule has 11 heteroatoms. The van der Waals surface area contributed by atoms with Crippen molar-refractivity contribution in [1.29, 1.82) is 0 Å². The maximum absolute atomic E-state index is 13.4. The summed E-state index contributed by atoms with van der Waals surface area (Å²) in [5, 5.41) is 23.0. The number of amides is 1. The molecule has 0 saturated heterocycles. The second kappa shape index (κ2) is 9.37. The van der Waals surface area contributed by atoms with Gasteiger partial charge in [-0.05, 0) is 58.1 Å². The van der Waals surface area contributed by atoms with Crippen molar-refractivity contribution >= 4 is 44.0 Å². The van der Waals surface area contributed by atoms with Gasteiger partial charge >= 0.3 is 0 Å². The van der Waals surface area contributed by atoms with Gasteiger partial charge in [-0.3, -0.25) is 29.9 Å². The molecule has 0 atom stereocenters. The Balaban J connectivity index is 2.08. The van der Waals surface area contributed by atoms with Crippen LogP contribution < -0.4 is 4.90 Å². The Hall–Kier alpha value is -3.44. The molecule has 0 fully saturated rings. The molecule has 3 rings (SSSR count). The lowest BCUT2D eigenvalue weighted by molar-refractivity contribution is -0.394. The fourth-order valence-corrected chi connectivity index (χ4v) is 4.55. The zero-order chi connectivity index (χ0) is 23.6. The summed E-state index contributed by atoms with van der Waals surface area (Å²) in [6.07, 6.45) is 0.629. The van der Waals surface area contributed by atoms with Crippen molar-refractivity contribution in [2.75, 3.05) is 32.1 Å². The number of thiazole rings is 1. The Morgan fingerprint density at radius 2 is 1.62 bits per heavy atom. The highest BCUT2D eigenvalue weighted by Crippen LogP contribution is 2.33. The molecule has 32 heavy (non-hydrogen) atoms. The van der Waals surface area contributed by atoms with Gasteiger partial charge in [0.2, 0.25) is 0 Å². The molecule has 0 radical (unpaired) electrons. The highest BCUT2D eigenvalue weighted by atomic mass is 32.1. The van der Waals surface area contributed by atoms with Gasteiger partial charge in [-0.25, -0.2) is 4.98 Å². The van der Waals surface area contributed by atoms with Crippen molar-refractivity contribution in [1.82, 2.24) is 9.88 Å². The van der Waals surface area contributed by atoms with Gasteiger partial charge in [-0.15, -0.1) is 0 Å². The predicted molar refractivity (Wildman–Crippen MR) is 124 cm³/mol. The molecule has 1 heterocycles. The average molecular weight is 458 g/mol. The van der Waals surface area contributed by atoms with Gasteiger partial charge in [-0.1, -0.05) is 17.4 Å². The minimum atomic E-state index is -0.746. The van der Waals surface area contributed by atoms with Gasteiger partial charge in [0.05, 0.1) is 31.7 Å². The number of anilines is 1. The number of non-ortho nitro benzene ring substituents is 2. The number of carbonyl (C=O) groups excluding carboxylic acids is 1. The molecule has 0 aliphatic rings. The number of nitro benzene ring substituents is 2. The Bertz CT molecular complexity index is 1170. The van der Waals surface area contributed by atoms with Crippen molar-refractivity contribution in [3.8, 4) is 0 Å². The molecule has 2 aromatic carbocycles. The molecule has 168 valence electrons. The van der Waals surface area contributed by atoms with E-state index in [2.05, 4.69) is 4.98 Å². The van der Waals surface area contributed by atoms with Crippen LogP contribution in [0.4, 0.5) is 16.5 Å². The van der Waals surface area contributed by atoms with Gasteiger partial charge < -0.3 is 4.90 Å². The van der Waals surface area contributed by atoms with Crippen molar-refractivity contribution in [2.24, 2.45) is 0 Å². The van der Waals surface area contributed by atoms with Crippen LogP contribution in [0.25, 0.3) is 10.2 Å². The maximum atomic E-state index is 13.4. The van der Waals surface area contributed by atoms with E-state index < -0.39 is 27.1 Å². The van der Waals surface area contributed by atoms with Crippen molar-refractivity contribution < 1.29 is 14.6 Å². The minimum absolute atomic E-state index is 0.122. The number of nitro groups is 2. The zero-order valence-corrected chi connectivity index (χ0v) is 19.0. The first-order chi connectivity index (χ1) is 15.1. The van der Waals surface area contributed by atoms with E-state index in [1.165, 1.54) is 16.2 Å². The minimum Gasteiger partial charge on any atom is -0.309 e. The summed E-state index contributed by atoms with van der Waals surface area (Å²) in [6, 6.07) is 6.98. The van der Waals surface area contributed by atoms with Gasteiger partial charge in [0, 0.05) is 18.7 Å². The summed E-state index contributed by atoms with van der Waals surface area (Å²) >= 11 is 1.35. The molecule has 0 aliphatic heterocycles. The maximum Gasteiger partial charge on any atom is 0.277 e. The smallest absolute Gasteiger partial charge is 0.277 e. The van der Waals surface area contributed by atoms with Crippen molar-refractivity contribution in [3.63, 3.8) is 0 Å². The molecule has 0 aliphatic carbocycles. The van der Waals surface area contributed by atoms with Gasteiger partial charge in [0.25, 0.3) is 17.3 Å². The molecular weight excluding hydrogens is 434 g/mol. The quantitative estimate of drug-likeness (QED) is 0.364. The number of hydrogen-bond acceptors (Lipinski definition) is 8. The number of rotatable bonds is 8. The van der Waals surface area contributed by atoms with Crippen LogP contribution in [0.1, 0.15) is 27.9 Å². The Labute approximate surface area is 188 Å². The third-order valence-corrected chi connectivity index (χ3v) is 5.88. The van der Waals surface area contributed by atoms with E-state index in [1.54, 1.807) is 0 Å². The third kappa shape index (κ3) is 5.06. The number of fused-ring (bicyclic) bond motifs is 1. The van der Waals surface area contributed by atoms with Gasteiger partial charge in [0.1, 0.15) is 0 Å². The molecule has 0 spiro atoms. The van der Waals surface area contributed by atoms with Gasteiger partial charge in [-0.2, -0.15) is 0 Å². The SMILES string of the molecule is Cc1cc(C)c2nc(N(CCCN(C)C)C(=O)c3cc([N+](=O)[O-])cc([N+](=O)[O-])c3)sc2c1. The number of aryl methyl sites for hydroxylation is 2. The Morgan fingerprint density at radius 1 is 1.00 bits per heavy atom. The van der Waals surface area contributed by atoms with E-state index in [0.29, 0.717) is 24.6 Å². The largest absolute Gasteiger partial charge is 0.309 e. The lowest BCUT2D eigenvalue weighted by Gasteiger charge is -2.21. The monoisotopic (exact) mass is 457 g/mol. The van der Waals surface area contributed by atoms with Crippen molar-refractivity contribution in [2.45, 2.75) is 20.3 Å². The fraction of sp³-hybridized carbons (Fsp3) is 0.333. The number of nitrogens with zero attached hydrogens (tertiary/aromatic N) is 5. The summed E-state index contributed by atoms with van der Waals surface area (Å²) in [7, 11) is 3.83. The van der Waals surface area contributed by atoms with E-state index >= 15 is 0 Å². The molecule has 0 unspecified atom stereocenters. The van der Waals surface area contributed by atoms with Crippen LogP contribution >= 0.6 is 11.3 Å². The number of carbonyl (C=O) groups is 1. The first-order valence-corrected chi connectivity index (χ1v) is 10.7. The molecule has 1 amide bonds. The van der Waals surface area contributed by atoms with E-state index in [0.717, 1.165) is 39.5 Å². The van der Waals surface area contributed by atoms with E-state index in [4.69, 9.17) is 0 Å². The van der Waals surface area contributed by atoms with E-state index in [9.17, 15) is 25.0 Å². The lowest BCUT2D eigenvalue weighted by atomic mass is 10.1. The topological polar surface area (TPSA) is 123 Å². The molecule has 0 N–H and O–H groups in total. The summed E-state index contributed by atoms with van der Waals surface area (Å²) in [4.78, 5) is 42.6. The first-order valence-electron chi connectivity index (χ1n) is 9.85. The molecule has 1 aromatic heterocycles. The normalized spacial score (nSPS) is 11.2. The summed E-state index contributed by atoms with van der Waals surface area (Å²) in [5.74, 6) is -0.566. The fourth-order valence-electron chi connectivity index (χ4n) is 3.39. The van der Waals surface area contributed by atoms with E-state index in [-0.39, 0.29) is 5.56 Å². The molecule has 0 bridgehead atoms. The molecule has 3 aromatic rings. The van der Waals surface area contributed by atoms with Crippen LogP contribution in [0.3, 0.4) is 0 Å². The summed E-state index contributed by atoms with van der Waals surface area (Å²) < 4.78 is 0.924. The molecule has 10 nitrogen and oxygen atoms in total. The Morgan fingerprint density at radius 3 is 2.19 bits per heavy atom. The second-order valence-electron chi connectivity index (χ2n) is 7.79. The van der Waals surface area contributed by atoms with Crippen LogP contribution in [0, 0.1) is 34.1 Å². The van der Waals surface area contributed by atoms with E-state index in [1.807, 2.05) is 45.0 Å². The van der Waals surface area contributed by atoms with Crippen LogP contribution in [-0.4, -0.2) is 52.8 Å². The average Bonchev–Trinajstić information content (AvgIpc) is 3.14. The third-order valence-electron chi connectivity index (χ3n) is 4.85. The molecule has 0 saturated carbocycles. The number of hydrogen-bond donors (Lipinski definition) is 0. The first kappa shape index (κ1) is 23.2. The van der Waals surface area contributed by atoms with Gasteiger partial charge in [0.15, 0.2) is 5.13 Å². The van der Waals surface area contributed by atoms with Crippen LogP contribution in [-0.2, 0) is 0 Å². The predicted octanol–water partition coefficient (Wildman–Crippen LogP) is 4.33. The van der Waals surface area contributed by atoms with Crippen LogP contribution in [0.2, 0.25) is 0 Å². The standard InChI is InChI=1S/C21H23N5O5S/c1-13-8-14(2)19-18(9-13)32-21(22-19)24(7-5-6-23(3)4)20(27)15-10-16(25(28)29)12-17(11-15)26(30)31/h8-12H,5-7H2,1-4H3. The lowest BCUT2D eigenvalue weighted by Crippen LogP contribution is -2.33. The zero-order valence-electron chi connectivity index (χ0n) is 18.2. The highest BCUT2D eigenvalue weighted by molar-refractivity contribution is 7.22. The number of benzene rings is 2. The number of aromatic nitrogens is 1. The van der Waals surface area contributed by atoms with Crippen LogP contribution in [0.15, 0.2) is 30.3 Å². The summed E-state index contributed by atoms with van der Waals surface area (Å²) in [6.45, 7) is 4.95. The van der Waals surface area contributed by atoms with Crippen LogP contribution in [0.5, 0.6) is 0 Å². The highest BCUT2D eigenvalue weighted by Gasteiger charge is 2.26. The molecular formula is C21H23N5O5S. The Kier molecular flexibility index (Phi) is 6.80. The second-order valence-corrected chi connectivity index (χ2v) is 8.80. The summed E-state index contributed by atoms with van der Waals surface area (Å²) in [5.41, 5.74) is 1.70.